The molecule has 6 atom stereocenters. The van der Waals surface area contributed by atoms with Gasteiger partial charge in [0.05, 0.1) is 18.2 Å². The molecule has 3 saturated heterocycles. The summed E-state index contributed by atoms with van der Waals surface area (Å²) in [6.07, 6.45) is 6.56. The van der Waals surface area contributed by atoms with Gasteiger partial charge in [0.1, 0.15) is 5.50 Å². The van der Waals surface area contributed by atoms with Crippen molar-refractivity contribution in [3.63, 3.8) is 0 Å². The molecular weight excluding hydrogens is 410 g/mol. The summed E-state index contributed by atoms with van der Waals surface area (Å²) in [5.74, 6) is -1.68. The molecular formula is C21H34F2N4O2S. The van der Waals surface area contributed by atoms with Gasteiger partial charge in [-0.1, -0.05) is 12.8 Å². The molecule has 9 heteroatoms. The molecule has 5 aliphatic rings. The van der Waals surface area contributed by atoms with Crippen molar-refractivity contribution >= 4 is 17.7 Å². The first-order valence-electron chi connectivity index (χ1n) is 11.5. The number of carbonyl (C=O) groups excluding carboxylic acids is 1. The van der Waals surface area contributed by atoms with Gasteiger partial charge in [-0.25, -0.2) is 8.78 Å². The summed E-state index contributed by atoms with van der Waals surface area (Å²) in [6.45, 7) is 1.80. The summed E-state index contributed by atoms with van der Waals surface area (Å²) in [5, 5.41) is 10.9. The van der Waals surface area contributed by atoms with Gasteiger partial charge < -0.3 is 15.0 Å². The standard InChI is InChI=1S/C21H34F2N4O2S/c1-29-12-20(10-21(22,23)11-20)26-19-25-15-6-7-27(9-17(15)30-19)18(28)16-8-13-4-2-3-5-14(13)24-16/h13-17,19,24-26H,2-12H2,1H3. The van der Waals surface area contributed by atoms with Crippen molar-refractivity contribution in [3.8, 4) is 0 Å². The van der Waals surface area contributed by atoms with Crippen molar-refractivity contribution < 1.29 is 18.3 Å². The number of nitrogens with one attached hydrogen (secondary N) is 3. The van der Waals surface area contributed by atoms with E-state index in [0.717, 1.165) is 25.9 Å². The van der Waals surface area contributed by atoms with Gasteiger partial charge in [0.2, 0.25) is 5.91 Å². The zero-order valence-electron chi connectivity index (χ0n) is 17.7. The quantitative estimate of drug-likeness (QED) is 0.602. The van der Waals surface area contributed by atoms with Crippen molar-refractivity contribution in [1.29, 1.82) is 0 Å². The molecule has 1 amide bonds. The zero-order chi connectivity index (χ0) is 20.9. The van der Waals surface area contributed by atoms with Gasteiger partial charge in [-0.05, 0) is 31.6 Å². The highest BCUT2D eigenvalue weighted by atomic mass is 32.2. The Labute approximate surface area is 181 Å². The topological polar surface area (TPSA) is 65.6 Å². The van der Waals surface area contributed by atoms with E-state index in [1.165, 1.54) is 25.7 Å². The first-order valence-corrected chi connectivity index (χ1v) is 12.4. The van der Waals surface area contributed by atoms with Gasteiger partial charge in [0.15, 0.2) is 0 Å². The van der Waals surface area contributed by atoms with E-state index < -0.39 is 11.5 Å². The Balaban J connectivity index is 1.15. The normalized spacial score (nSPS) is 41.8. The highest BCUT2D eigenvalue weighted by Crippen LogP contribution is 2.47. The Kier molecular flexibility index (Phi) is 5.80. The molecule has 2 saturated carbocycles. The monoisotopic (exact) mass is 444 g/mol. The number of halogens is 2. The van der Waals surface area contributed by atoms with Gasteiger partial charge in [0.25, 0.3) is 5.92 Å². The van der Waals surface area contributed by atoms with Crippen LogP contribution in [0.5, 0.6) is 0 Å². The maximum absolute atomic E-state index is 13.6. The summed E-state index contributed by atoms with van der Waals surface area (Å²) in [4.78, 5) is 15.2. The van der Waals surface area contributed by atoms with E-state index >= 15 is 0 Å². The third-order valence-corrected chi connectivity index (χ3v) is 9.11. The number of methoxy groups -OCH3 is 1. The largest absolute Gasteiger partial charge is 0.383 e. The second kappa shape index (κ2) is 8.14. The molecule has 3 aliphatic heterocycles. The molecule has 2 aliphatic carbocycles. The Morgan fingerprint density at radius 3 is 2.73 bits per heavy atom. The lowest BCUT2D eigenvalue weighted by Gasteiger charge is -2.48. The van der Waals surface area contributed by atoms with Gasteiger partial charge >= 0.3 is 0 Å². The van der Waals surface area contributed by atoms with E-state index in [2.05, 4.69) is 16.0 Å². The van der Waals surface area contributed by atoms with E-state index in [-0.39, 0.29) is 36.9 Å². The van der Waals surface area contributed by atoms with E-state index in [1.54, 1.807) is 18.9 Å². The number of amides is 1. The van der Waals surface area contributed by atoms with E-state index in [0.29, 0.717) is 23.3 Å². The van der Waals surface area contributed by atoms with Crippen LogP contribution < -0.4 is 16.0 Å². The molecule has 5 rings (SSSR count). The van der Waals surface area contributed by atoms with Crippen molar-refractivity contribution in [2.45, 2.75) is 91.7 Å². The molecule has 0 radical (unpaired) electrons. The summed E-state index contributed by atoms with van der Waals surface area (Å²) in [6, 6.07) is 0.819. The van der Waals surface area contributed by atoms with Crippen LogP contribution in [0, 0.1) is 5.92 Å². The molecule has 5 fully saturated rings. The maximum atomic E-state index is 13.6. The minimum absolute atomic E-state index is 0.0230. The maximum Gasteiger partial charge on any atom is 0.251 e. The molecule has 0 bridgehead atoms. The predicted octanol–water partition coefficient (Wildman–Crippen LogP) is 1.90. The van der Waals surface area contributed by atoms with E-state index in [1.807, 2.05) is 4.90 Å². The molecule has 30 heavy (non-hydrogen) atoms. The Morgan fingerprint density at radius 2 is 2.00 bits per heavy atom. The number of nitrogens with zero attached hydrogens (tertiary/aromatic N) is 1. The number of rotatable bonds is 5. The first kappa shape index (κ1) is 21.4. The Morgan fingerprint density at radius 1 is 1.20 bits per heavy atom. The summed E-state index contributed by atoms with van der Waals surface area (Å²) < 4.78 is 32.3. The number of carbonyl (C=O) groups is 1. The number of hydrogen-bond acceptors (Lipinski definition) is 6. The lowest BCUT2D eigenvalue weighted by Crippen LogP contribution is -2.66. The summed E-state index contributed by atoms with van der Waals surface area (Å²) in [5.41, 5.74) is -0.732. The van der Waals surface area contributed by atoms with Crippen molar-refractivity contribution in [1.82, 2.24) is 20.9 Å². The molecule has 3 heterocycles. The van der Waals surface area contributed by atoms with Gasteiger partial charge in [-0.3, -0.25) is 15.4 Å². The third kappa shape index (κ3) is 4.12. The lowest BCUT2D eigenvalue weighted by atomic mass is 9.74. The fraction of sp³-hybridized carbons (Fsp3) is 0.952. The van der Waals surface area contributed by atoms with E-state index in [4.69, 9.17) is 4.74 Å². The zero-order valence-corrected chi connectivity index (χ0v) is 18.5. The summed E-state index contributed by atoms with van der Waals surface area (Å²) in [7, 11) is 1.56. The number of ether oxygens (including phenoxy) is 1. The SMILES string of the molecule is COCC1(NC2NC3CCN(C(=O)C4CC5CCCCC5N4)CC3S2)CC(F)(F)C1. The Hall–Kier alpha value is -0.480. The Bertz CT molecular complexity index is 647. The molecule has 170 valence electrons. The highest BCUT2D eigenvalue weighted by molar-refractivity contribution is 8.00. The van der Waals surface area contributed by atoms with Crippen LogP contribution in [0.1, 0.15) is 51.4 Å². The smallest absolute Gasteiger partial charge is 0.251 e. The number of alkyl halides is 2. The second-order valence-corrected chi connectivity index (χ2v) is 11.4. The molecule has 0 spiro atoms. The average Bonchev–Trinajstić information content (AvgIpc) is 3.28. The second-order valence-electron chi connectivity index (χ2n) is 10.1. The highest BCUT2D eigenvalue weighted by Gasteiger charge is 2.58. The van der Waals surface area contributed by atoms with Gasteiger partial charge in [-0.2, -0.15) is 0 Å². The van der Waals surface area contributed by atoms with Crippen LogP contribution in [-0.4, -0.2) is 77.9 Å². The van der Waals surface area contributed by atoms with Crippen LogP contribution in [0.25, 0.3) is 0 Å². The minimum Gasteiger partial charge on any atom is -0.383 e. The first-order chi connectivity index (χ1) is 14.4. The molecule has 6 unspecified atom stereocenters. The van der Waals surface area contributed by atoms with Crippen LogP contribution in [0.3, 0.4) is 0 Å². The molecule has 3 N–H and O–H groups in total. The van der Waals surface area contributed by atoms with Crippen LogP contribution in [0.2, 0.25) is 0 Å². The minimum atomic E-state index is -2.60. The van der Waals surface area contributed by atoms with Gasteiger partial charge in [-0.15, -0.1) is 11.8 Å². The average molecular weight is 445 g/mol. The van der Waals surface area contributed by atoms with Gasteiger partial charge in [0, 0.05) is 50.4 Å². The molecule has 0 aromatic heterocycles. The number of fused-ring (bicyclic) bond motifs is 2. The molecule has 0 aromatic carbocycles. The molecule has 6 nitrogen and oxygen atoms in total. The predicted molar refractivity (Wildman–Crippen MR) is 112 cm³/mol. The lowest BCUT2D eigenvalue weighted by molar-refractivity contribution is -0.151. The fourth-order valence-corrected chi connectivity index (χ4v) is 7.99. The van der Waals surface area contributed by atoms with Crippen molar-refractivity contribution in [3.05, 3.63) is 0 Å². The van der Waals surface area contributed by atoms with Crippen LogP contribution in [0.4, 0.5) is 8.78 Å². The number of thioether (sulfide) groups is 1. The van der Waals surface area contributed by atoms with Crippen molar-refractivity contribution in [2.24, 2.45) is 5.92 Å². The van der Waals surface area contributed by atoms with E-state index in [9.17, 15) is 13.6 Å². The summed E-state index contributed by atoms with van der Waals surface area (Å²) >= 11 is 1.74. The number of likely N-dealkylation sites (tertiary alicyclic amines) is 1. The third-order valence-electron chi connectivity index (χ3n) is 7.76. The van der Waals surface area contributed by atoms with Crippen LogP contribution in [-0.2, 0) is 9.53 Å². The number of hydrogen-bond donors (Lipinski definition) is 3. The van der Waals surface area contributed by atoms with Crippen LogP contribution >= 0.6 is 11.8 Å². The van der Waals surface area contributed by atoms with Crippen molar-refractivity contribution in [2.75, 3.05) is 26.8 Å². The fourth-order valence-electron chi connectivity index (χ4n) is 6.40. The number of piperidine rings is 1. The molecule has 0 aromatic rings. The van der Waals surface area contributed by atoms with Crippen LogP contribution in [0.15, 0.2) is 0 Å².